The molecular formula is C16H11Cl2N3OS. The van der Waals surface area contributed by atoms with Gasteiger partial charge in [-0.2, -0.15) is 5.10 Å². The molecule has 0 saturated heterocycles. The first-order chi connectivity index (χ1) is 11.1. The van der Waals surface area contributed by atoms with Gasteiger partial charge in [0.2, 0.25) is 5.13 Å². The van der Waals surface area contributed by atoms with Crippen molar-refractivity contribution in [3.63, 3.8) is 0 Å². The van der Waals surface area contributed by atoms with Crippen LogP contribution in [-0.2, 0) is 0 Å². The van der Waals surface area contributed by atoms with E-state index in [0.29, 0.717) is 10.7 Å². The molecule has 3 aromatic rings. The zero-order valence-corrected chi connectivity index (χ0v) is 14.0. The molecule has 23 heavy (non-hydrogen) atoms. The summed E-state index contributed by atoms with van der Waals surface area (Å²) in [6.07, 6.45) is 1.53. The lowest BCUT2D eigenvalue weighted by Crippen LogP contribution is -1.91. The number of rotatable bonds is 4. The van der Waals surface area contributed by atoms with Gasteiger partial charge in [-0.3, -0.25) is 5.43 Å². The molecule has 0 saturated carbocycles. The van der Waals surface area contributed by atoms with Crippen LogP contribution in [0.4, 0.5) is 5.13 Å². The summed E-state index contributed by atoms with van der Waals surface area (Å²) in [5, 5.41) is 16.5. The van der Waals surface area contributed by atoms with Gasteiger partial charge >= 0.3 is 0 Å². The van der Waals surface area contributed by atoms with Crippen molar-refractivity contribution in [2.24, 2.45) is 5.10 Å². The van der Waals surface area contributed by atoms with E-state index in [4.69, 9.17) is 23.2 Å². The molecule has 0 aliphatic carbocycles. The number of benzene rings is 2. The zero-order chi connectivity index (χ0) is 16.2. The van der Waals surface area contributed by atoms with E-state index in [0.717, 1.165) is 11.3 Å². The van der Waals surface area contributed by atoms with Crippen LogP contribution in [0, 0.1) is 0 Å². The summed E-state index contributed by atoms with van der Waals surface area (Å²) in [5.74, 6) is -0.0609. The highest BCUT2D eigenvalue weighted by molar-refractivity contribution is 7.14. The number of aromatic hydroxyl groups is 1. The smallest absolute Gasteiger partial charge is 0.203 e. The highest BCUT2D eigenvalue weighted by Crippen LogP contribution is 2.33. The minimum atomic E-state index is -0.0609. The minimum absolute atomic E-state index is 0.0609. The number of nitrogens with one attached hydrogen (secondary N) is 1. The second kappa shape index (κ2) is 7.00. The van der Waals surface area contributed by atoms with Crippen LogP contribution in [-0.4, -0.2) is 16.3 Å². The molecule has 0 amide bonds. The molecule has 4 nitrogen and oxygen atoms in total. The van der Waals surface area contributed by atoms with Gasteiger partial charge in [0, 0.05) is 16.5 Å². The second-order valence-corrected chi connectivity index (χ2v) is 6.19. The van der Waals surface area contributed by atoms with Crippen LogP contribution in [0.1, 0.15) is 5.56 Å². The Morgan fingerprint density at radius 1 is 1.09 bits per heavy atom. The average molecular weight is 364 g/mol. The van der Waals surface area contributed by atoms with E-state index in [-0.39, 0.29) is 15.8 Å². The van der Waals surface area contributed by atoms with Crippen molar-refractivity contribution in [1.82, 2.24) is 4.98 Å². The normalized spacial score (nSPS) is 11.0. The van der Waals surface area contributed by atoms with Crippen molar-refractivity contribution < 1.29 is 5.11 Å². The third kappa shape index (κ3) is 3.64. The Balaban J connectivity index is 1.72. The predicted molar refractivity (Wildman–Crippen MR) is 96.9 cm³/mol. The summed E-state index contributed by atoms with van der Waals surface area (Å²) >= 11 is 13.4. The fourth-order valence-corrected chi connectivity index (χ4v) is 2.93. The SMILES string of the molecule is Oc1ccc(C=NNc2nc(-c3ccccc3)cs2)c(Cl)c1Cl. The maximum Gasteiger partial charge on any atom is 0.203 e. The van der Waals surface area contributed by atoms with Crippen molar-refractivity contribution in [2.75, 3.05) is 5.43 Å². The highest BCUT2D eigenvalue weighted by Gasteiger charge is 2.07. The molecule has 3 rings (SSSR count). The Morgan fingerprint density at radius 3 is 2.65 bits per heavy atom. The lowest BCUT2D eigenvalue weighted by atomic mass is 10.2. The average Bonchev–Trinajstić information content (AvgIpc) is 3.05. The number of hydrogen-bond acceptors (Lipinski definition) is 5. The second-order valence-electron chi connectivity index (χ2n) is 4.58. The van der Waals surface area contributed by atoms with Gasteiger partial charge < -0.3 is 5.11 Å². The van der Waals surface area contributed by atoms with Crippen molar-refractivity contribution in [2.45, 2.75) is 0 Å². The maximum absolute atomic E-state index is 9.45. The van der Waals surface area contributed by atoms with Gasteiger partial charge in [-0.25, -0.2) is 4.98 Å². The largest absolute Gasteiger partial charge is 0.506 e. The molecule has 1 heterocycles. The molecule has 2 N–H and O–H groups in total. The van der Waals surface area contributed by atoms with E-state index < -0.39 is 0 Å². The van der Waals surface area contributed by atoms with E-state index in [2.05, 4.69) is 15.5 Å². The summed E-state index contributed by atoms with van der Waals surface area (Å²) in [7, 11) is 0. The Hall–Kier alpha value is -2.08. The van der Waals surface area contributed by atoms with Crippen molar-refractivity contribution >= 4 is 45.9 Å². The lowest BCUT2D eigenvalue weighted by molar-refractivity contribution is 0.475. The summed E-state index contributed by atoms with van der Waals surface area (Å²) in [4.78, 5) is 4.46. The molecule has 116 valence electrons. The van der Waals surface area contributed by atoms with E-state index >= 15 is 0 Å². The summed E-state index contributed by atoms with van der Waals surface area (Å²) in [5.41, 5.74) is 5.39. The third-order valence-corrected chi connectivity index (χ3v) is 4.66. The number of phenolic OH excluding ortho intramolecular Hbond substituents is 1. The molecule has 1 aromatic heterocycles. The molecule has 0 aliphatic heterocycles. The van der Waals surface area contributed by atoms with Gasteiger partial charge in [-0.1, -0.05) is 53.5 Å². The van der Waals surface area contributed by atoms with E-state index in [1.54, 1.807) is 6.07 Å². The number of nitrogens with zero attached hydrogens (tertiary/aromatic N) is 2. The fraction of sp³-hybridized carbons (Fsp3) is 0. The van der Waals surface area contributed by atoms with Crippen LogP contribution in [0.2, 0.25) is 10.0 Å². The van der Waals surface area contributed by atoms with Gasteiger partial charge in [-0.15, -0.1) is 11.3 Å². The van der Waals surface area contributed by atoms with Crippen molar-refractivity contribution in [3.05, 3.63) is 63.5 Å². The number of aromatic nitrogens is 1. The monoisotopic (exact) mass is 363 g/mol. The van der Waals surface area contributed by atoms with Gasteiger partial charge in [-0.05, 0) is 12.1 Å². The van der Waals surface area contributed by atoms with Crippen molar-refractivity contribution in [1.29, 1.82) is 0 Å². The minimum Gasteiger partial charge on any atom is -0.506 e. The molecule has 7 heteroatoms. The molecule has 0 radical (unpaired) electrons. The molecule has 0 spiro atoms. The van der Waals surface area contributed by atoms with Gasteiger partial charge in [0.15, 0.2) is 0 Å². The lowest BCUT2D eigenvalue weighted by Gasteiger charge is -2.02. The van der Waals surface area contributed by atoms with Crippen LogP contribution < -0.4 is 5.43 Å². The molecule has 0 bridgehead atoms. The molecule has 2 aromatic carbocycles. The number of hydrazone groups is 1. The quantitative estimate of drug-likeness (QED) is 0.490. The van der Waals surface area contributed by atoms with Gasteiger partial charge in [0.25, 0.3) is 0 Å². The Labute approximate surface area is 147 Å². The number of anilines is 1. The summed E-state index contributed by atoms with van der Waals surface area (Å²) in [6.45, 7) is 0. The van der Waals surface area contributed by atoms with Crippen LogP contribution in [0.25, 0.3) is 11.3 Å². The molecule has 0 unspecified atom stereocenters. The van der Waals surface area contributed by atoms with Crippen molar-refractivity contribution in [3.8, 4) is 17.0 Å². The standard InChI is InChI=1S/C16H11Cl2N3OS/c17-14-11(6-7-13(22)15(14)18)8-19-21-16-20-12(9-23-16)10-4-2-1-3-5-10/h1-9,22H,(H,20,21). The molecule has 0 atom stereocenters. The van der Waals surface area contributed by atoms with E-state index in [1.807, 2.05) is 35.7 Å². The Morgan fingerprint density at radius 2 is 1.87 bits per heavy atom. The fourth-order valence-electron chi connectivity index (χ4n) is 1.88. The van der Waals surface area contributed by atoms with Crippen LogP contribution >= 0.6 is 34.5 Å². The number of hydrogen-bond donors (Lipinski definition) is 2. The topological polar surface area (TPSA) is 57.5 Å². The van der Waals surface area contributed by atoms with Gasteiger partial charge in [0.1, 0.15) is 10.8 Å². The number of halogens is 2. The van der Waals surface area contributed by atoms with Gasteiger partial charge in [0.05, 0.1) is 16.9 Å². The first-order valence-corrected chi connectivity index (χ1v) is 8.25. The van der Waals surface area contributed by atoms with Crippen LogP contribution in [0.5, 0.6) is 5.75 Å². The Kier molecular flexibility index (Phi) is 4.81. The Bertz CT molecular complexity index is 850. The van der Waals surface area contributed by atoms with Crippen LogP contribution in [0.15, 0.2) is 52.9 Å². The molecule has 0 aliphatic rings. The third-order valence-electron chi connectivity index (χ3n) is 3.03. The van der Waals surface area contributed by atoms with E-state index in [9.17, 15) is 5.11 Å². The number of phenols is 1. The summed E-state index contributed by atoms with van der Waals surface area (Å²) < 4.78 is 0. The zero-order valence-electron chi connectivity index (χ0n) is 11.7. The first-order valence-electron chi connectivity index (χ1n) is 6.62. The first kappa shape index (κ1) is 15.8. The number of thiazole rings is 1. The predicted octanol–water partition coefficient (Wildman–Crippen LogP) is 5.27. The van der Waals surface area contributed by atoms with Crippen LogP contribution in [0.3, 0.4) is 0 Å². The summed E-state index contributed by atoms with van der Waals surface area (Å²) in [6, 6.07) is 13.0. The highest BCUT2D eigenvalue weighted by atomic mass is 35.5. The maximum atomic E-state index is 9.45. The molecular weight excluding hydrogens is 353 g/mol. The molecule has 0 fully saturated rings. The van der Waals surface area contributed by atoms with E-state index in [1.165, 1.54) is 23.6 Å².